The van der Waals surface area contributed by atoms with Crippen LogP contribution in [0.3, 0.4) is 0 Å². The Balaban J connectivity index is 1.81. The topological polar surface area (TPSA) is 67.2 Å². The molecule has 1 heterocycles. The summed E-state index contributed by atoms with van der Waals surface area (Å²) in [5, 5.41) is 7.69. The van der Waals surface area contributed by atoms with Crippen molar-refractivity contribution in [3.8, 4) is 5.69 Å². The molecule has 2 aromatic rings. The summed E-state index contributed by atoms with van der Waals surface area (Å²) in [6, 6.07) is 11.7. The second-order valence-electron chi connectivity index (χ2n) is 8.49. The molecule has 1 fully saturated rings. The fourth-order valence-electron chi connectivity index (χ4n) is 3.08. The normalized spacial score (nSPS) is 14.0. The zero-order valence-corrected chi connectivity index (χ0v) is 17.2. The molecule has 6 nitrogen and oxygen atoms in total. The molecule has 2 amide bonds. The minimum absolute atomic E-state index is 0.0774. The fourth-order valence-corrected chi connectivity index (χ4v) is 3.08. The predicted molar refractivity (Wildman–Crippen MR) is 110 cm³/mol. The van der Waals surface area contributed by atoms with Gasteiger partial charge in [0.2, 0.25) is 11.8 Å². The van der Waals surface area contributed by atoms with Crippen molar-refractivity contribution in [3.05, 3.63) is 42.1 Å². The number of hydrogen-bond acceptors (Lipinski definition) is 3. The van der Waals surface area contributed by atoms with E-state index in [2.05, 4.69) is 26.1 Å². The average Bonchev–Trinajstić information content (AvgIpc) is 3.41. The molecular formula is C22H30N4O2. The molecule has 3 rings (SSSR count). The highest BCUT2D eigenvalue weighted by Crippen LogP contribution is 2.31. The van der Waals surface area contributed by atoms with Gasteiger partial charge in [-0.25, -0.2) is 4.68 Å². The Hall–Kier alpha value is -2.63. The van der Waals surface area contributed by atoms with Crippen molar-refractivity contribution in [3.63, 3.8) is 0 Å². The molecule has 0 spiro atoms. The largest absolute Gasteiger partial charge is 0.333 e. The molecule has 0 atom stereocenters. The highest BCUT2D eigenvalue weighted by Gasteiger charge is 2.34. The van der Waals surface area contributed by atoms with E-state index in [1.54, 1.807) is 9.58 Å². The van der Waals surface area contributed by atoms with Gasteiger partial charge in [-0.15, -0.1) is 0 Å². The summed E-state index contributed by atoms with van der Waals surface area (Å²) in [7, 11) is 0. The molecule has 150 valence electrons. The third kappa shape index (κ3) is 4.80. The molecule has 1 N–H and O–H groups in total. The Bertz CT molecular complexity index is 832. The van der Waals surface area contributed by atoms with E-state index in [1.807, 2.05) is 43.3 Å². The van der Waals surface area contributed by atoms with Gasteiger partial charge in [-0.05, 0) is 31.4 Å². The number of aromatic nitrogens is 2. The molecular weight excluding hydrogens is 352 g/mol. The van der Waals surface area contributed by atoms with Gasteiger partial charge in [0.15, 0.2) is 0 Å². The van der Waals surface area contributed by atoms with Gasteiger partial charge in [-0.1, -0.05) is 45.9 Å². The van der Waals surface area contributed by atoms with Crippen molar-refractivity contribution >= 4 is 17.6 Å². The smallest absolute Gasteiger partial charge is 0.245 e. The molecule has 0 bridgehead atoms. The van der Waals surface area contributed by atoms with Crippen LogP contribution in [0, 0.1) is 5.92 Å². The van der Waals surface area contributed by atoms with E-state index in [9.17, 15) is 9.59 Å². The lowest BCUT2D eigenvalue weighted by molar-refractivity contribution is -0.135. The number of nitrogens with zero attached hydrogens (tertiary/aromatic N) is 3. The first kappa shape index (κ1) is 20.1. The summed E-state index contributed by atoms with van der Waals surface area (Å²) in [6.45, 7) is 8.97. The monoisotopic (exact) mass is 382 g/mol. The van der Waals surface area contributed by atoms with Crippen LogP contribution < -0.4 is 5.32 Å². The average molecular weight is 383 g/mol. The first-order chi connectivity index (χ1) is 13.3. The molecule has 1 saturated carbocycles. The minimum Gasteiger partial charge on any atom is -0.333 e. The van der Waals surface area contributed by atoms with Gasteiger partial charge in [0.05, 0.1) is 17.9 Å². The molecule has 0 aliphatic heterocycles. The zero-order chi connectivity index (χ0) is 20.3. The number of carbonyl (C=O) groups is 2. The molecule has 1 aliphatic rings. The van der Waals surface area contributed by atoms with E-state index in [1.165, 1.54) is 0 Å². The lowest BCUT2D eigenvalue weighted by Gasteiger charge is -2.21. The summed E-state index contributed by atoms with van der Waals surface area (Å²) in [4.78, 5) is 26.9. The van der Waals surface area contributed by atoms with Crippen molar-refractivity contribution in [1.29, 1.82) is 0 Å². The van der Waals surface area contributed by atoms with E-state index in [-0.39, 0.29) is 29.7 Å². The van der Waals surface area contributed by atoms with Crippen LogP contribution in [0.1, 0.15) is 52.7 Å². The number of benzene rings is 1. The van der Waals surface area contributed by atoms with Gasteiger partial charge in [0, 0.05) is 23.9 Å². The quantitative estimate of drug-likeness (QED) is 0.793. The molecule has 28 heavy (non-hydrogen) atoms. The molecule has 6 heteroatoms. The zero-order valence-electron chi connectivity index (χ0n) is 17.2. The van der Waals surface area contributed by atoms with Crippen LogP contribution in [-0.4, -0.2) is 39.6 Å². The highest BCUT2D eigenvalue weighted by atomic mass is 16.2. The van der Waals surface area contributed by atoms with E-state index < -0.39 is 0 Å². The van der Waals surface area contributed by atoms with Gasteiger partial charge in [0.1, 0.15) is 5.82 Å². The van der Waals surface area contributed by atoms with Gasteiger partial charge in [-0.3, -0.25) is 9.59 Å². The van der Waals surface area contributed by atoms with Crippen LogP contribution in [0.2, 0.25) is 0 Å². The van der Waals surface area contributed by atoms with Gasteiger partial charge < -0.3 is 10.2 Å². The SMILES string of the molecule is CCCN(CC(=O)Nc1cc(C(C)(C)C)nn1-c1ccccc1)C(=O)C1CC1. The molecule has 0 saturated heterocycles. The third-order valence-corrected chi connectivity index (χ3v) is 4.81. The van der Waals surface area contributed by atoms with Crippen molar-refractivity contribution in [2.45, 2.75) is 52.4 Å². The summed E-state index contributed by atoms with van der Waals surface area (Å²) in [5.41, 5.74) is 1.63. The van der Waals surface area contributed by atoms with E-state index >= 15 is 0 Å². The van der Waals surface area contributed by atoms with E-state index in [0.717, 1.165) is 30.6 Å². The lowest BCUT2D eigenvalue weighted by atomic mass is 9.92. The van der Waals surface area contributed by atoms with E-state index in [0.29, 0.717) is 12.4 Å². The van der Waals surface area contributed by atoms with Crippen molar-refractivity contribution < 1.29 is 9.59 Å². The maximum absolute atomic E-state index is 12.7. The molecule has 0 unspecified atom stereocenters. The second-order valence-corrected chi connectivity index (χ2v) is 8.49. The van der Waals surface area contributed by atoms with Crippen LogP contribution in [0.15, 0.2) is 36.4 Å². The fraction of sp³-hybridized carbons (Fsp3) is 0.500. The second kappa shape index (κ2) is 8.17. The van der Waals surface area contributed by atoms with Crippen LogP contribution in [0.5, 0.6) is 0 Å². The molecule has 0 radical (unpaired) electrons. The van der Waals surface area contributed by atoms with Crippen LogP contribution in [0.4, 0.5) is 5.82 Å². The number of nitrogens with one attached hydrogen (secondary N) is 1. The third-order valence-electron chi connectivity index (χ3n) is 4.81. The summed E-state index contributed by atoms with van der Waals surface area (Å²) < 4.78 is 1.76. The van der Waals surface area contributed by atoms with Crippen LogP contribution in [-0.2, 0) is 15.0 Å². The minimum atomic E-state index is -0.194. The number of amides is 2. The first-order valence-electron chi connectivity index (χ1n) is 10.0. The highest BCUT2D eigenvalue weighted by molar-refractivity contribution is 5.94. The van der Waals surface area contributed by atoms with Gasteiger partial charge in [-0.2, -0.15) is 5.10 Å². The molecule has 1 aliphatic carbocycles. The summed E-state index contributed by atoms with van der Waals surface area (Å²) in [6.07, 6.45) is 2.72. The molecule has 1 aromatic carbocycles. The van der Waals surface area contributed by atoms with Crippen LogP contribution in [0.25, 0.3) is 5.69 Å². The number of carbonyl (C=O) groups excluding carboxylic acids is 2. The number of para-hydroxylation sites is 1. The van der Waals surface area contributed by atoms with Crippen LogP contribution >= 0.6 is 0 Å². The van der Waals surface area contributed by atoms with E-state index in [4.69, 9.17) is 5.10 Å². The van der Waals surface area contributed by atoms with Gasteiger partial charge in [0.25, 0.3) is 0 Å². The maximum Gasteiger partial charge on any atom is 0.245 e. The van der Waals surface area contributed by atoms with Crippen molar-refractivity contribution in [1.82, 2.24) is 14.7 Å². The molecule has 1 aromatic heterocycles. The number of rotatable bonds is 7. The standard InChI is InChI=1S/C22H30N4O2/c1-5-13-25(21(28)16-11-12-16)15-20(27)23-19-14-18(22(2,3)4)24-26(19)17-9-7-6-8-10-17/h6-10,14,16H,5,11-13,15H2,1-4H3,(H,23,27). The summed E-state index contributed by atoms with van der Waals surface area (Å²) in [5.74, 6) is 0.641. The van der Waals surface area contributed by atoms with Crippen molar-refractivity contribution in [2.24, 2.45) is 5.92 Å². The summed E-state index contributed by atoms with van der Waals surface area (Å²) >= 11 is 0. The Morgan fingerprint density at radius 3 is 2.46 bits per heavy atom. The Labute approximate surface area is 166 Å². The van der Waals surface area contributed by atoms with Gasteiger partial charge >= 0.3 is 0 Å². The maximum atomic E-state index is 12.7. The number of hydrogen-bond donors (Lipinski definition) is 1. The number of anilines is 1. The Kier molecular flexibility index (Phi) is 5.87. The Morgan fingerprint density at radius 2 is 1.89 bits per heavy atom. The van der Waals surface area contributed by atoms with Crippen molar-refractivity contribution in [2.75, 3.05) is 18.4 Å². The Morgan fingerprint density at radius 1 is 1.21 bits per heavy atom. The predicted octanol–water partition coefficient (Wildman–Crippen LogP) is 3.76. The first-order valence-corrected chi connectivity index (χ1v) is 10.0. The lowest BCUT2D eigenvalue weighted by Crippen LogP contribution is -2.39.